The molecule has 0 heterocycles. The molecule has 0 bridgehead atoms. The molecule has 1 amide bonds. The molecule has 2 saturated carbocycles. The largest absolute Gasteiger partial charge is 0.452 e. The second kappa shape index (κ2) is 9.15. The van der Waals surface area contributed by atoms with Crippen LogP contribution in [0, 0.1) is 5.82 Å². The monoisotopic (exact) mass is 361 g/mol. The molecule has 1 aromatic rings. The van der Waals surface area contributed by atoms with Crippen LogP contribution in [-0.2, 0) is 9.53 Å². The molecule has 0 unspecified atom stereocenters. The van der Waals surface area contributed by atoms with Gasteiger partial charge >= 0.3 is 5.97 Å². The van der Waals surface area contributed by atoms with Crippen molar-refractivity contribution in [2.24, 2.45) is 0 Å². The number of nitrogens with zero attached hydrogens (tertiary/aromatic N) is 1. The molecule has 2 aliphatic carbocycles. The molecule has 2 aliphatic rings. The normalized spacial score (nSPS) is 19.1. The lowest BCUT2D eigenvalue weighted by Gasteiger charge is -2.41. The predicted molar refractivity (Wildman–Crippen MR) is 97.3 cm³/mol. The van der Waals surface area contributed by atoms with Crippen molar-refractivity contribution in [3.05, 3.63) is 35.6 Å². The van der Waals surface area contributed by atoms with E-state index in [2.05, 4.69) is 0 Å². The Labute approximate surface area is 154 Å². The van der Waals surface area contributed by atoms with Crippen molar-refractivity contribution in [1.29, 1.82) is 0 Å². The summed E-state index contributed by atoms with van der Waals surface area (Å²) in [4.78, 5) is 27.1. The van der Waals surface area contributed by atoms with Gasteiger partial charge in [0.1, 0.15) is 5.82 Å². The Bertz CT molecular complexity index is 603. The van der Waals surface area contributed by atoms with Crippen LogP contribution in [0.3, 0.4) is 0 Å². The fourth-order valence-corrected chi connectivity index (χ4v) is 4.32. The maximum absolute atomic E-state index is 13.3. The highest BCUT2D eigenvalue weighted by Gasteiger charge is 2.32. The van der Waals surface area contributed by atoms with E-state index in [-0.39, 0.29) is 30.2 Å². The number of benzene rings is 1. The lowest BCUT2D eigenvalue weighted by atomic mass is 9.88. The van der Waals surface area contributed by atoms with Gasteiger partial charge in [-0.2, -0.15) is 0 Å². The highest BCUT2D eigenvalue weighted by Crippen LogP contribution is 2.30. The highest BCUT2D eigenvalue weighted by molar-refractivity contribution is 5.91. The number of carbonyl (C=O) groups is 2. The molecule has 0 saturated heterocycles. The summed E-state index contributed by atoms with van der Waals surface area (Å²) in [6.45, 7) is -0.262. The van der Waals surface area contributed by atoms with Crippen molar-refractivity contribution in [2.45, 2.75) is 76.3 Å². The lowest BCUT2D eigenvalue weighted by molar-refractivity contribution is -0.141. The van der Waals surface area contributed by atoms with E-state index in [1.54, 1.807) is 0 Å². The van der Waals surface area contributed by atoms with Gasteiger partial charge in [0.2, 0.25) is 0 Å². The molecule has 142 valence electrons. The molecule has 0 N–H and O–H groups in total. The zero-order valence-corrected chi connectivity index (χ0v) is 15.3. The van der Waals surface area contributed by atoms with Crippen molar-refractivity contribution in [3.8, 4) is 0 Å². The van der Waals surface area contributed by atoms with Crippen LogP contribution in [0.2, 0.25) is 0 Å². The molecule has 4 nitrogen and oxygen atoms in total. The van der Waals surface area contributed by atoms with Crippen molar-refractivity contribution >= 4 is 11.9 Å². The Morgan fingerprint density at radius 2 is 1.54 bits per heavy atom. The Kier molecular flexibility index (Phi) is 6.64. The second-order valence-electron chi connectivity index (χ2n) is 7.47. The number of rotatable bonds is 5. The van der Waals surface area contributed by atoms with Crippen LogP contribution in [0.5, 0.6) is 0 Å². The van der Waals surface area contributed by atoms with Crippen LogP contribution in [-0.4, -0.2) is 35.5 Å². The first-order chi connectivity index (χ1) is 12.6. The number of hydrogen-bond donors (Lipinski definition) is 0. The molecule has 0 spiro atoms. The van der Waals surface area contributed by atoms with Gasteiger partial charge in [-0.25, -0.2) is 9.18 Å². The SMILES string of the molecule is O=C(OCC(=O)N(C1CCCCC1)C1CCCCC1)c1cccc(F)c1. The molecule has 3 rings (SSSR count). The third kappa shape index (κ3) is 4.83. The Morgan fingerprint density at radius 3 is 2.08 bits per heavy atom. The van der Waals surface area contributed by atoms with Crippen LogP contribution in [0.15, 0.2) is 24.3 Å². The quantitative estimate of drug-likeness (QED) is 0.727. The predicted octanol–water partition coefficient (Wildman–Crippen LogP) is 4.48. The molecular formula is C21H28FNO3. The number of carbonyl (C=O) groups excluding carboxylic acids is 2. The summed E-state index contributed by atoms with van der Waals surface area (Å²) >= 11 is 0. The number of esters is 1. The van der Waals surface area contributed by atoms with Crippen molar-refractivity contribution in [2.75, 3.05) is 6.61 Å². The van der Waals surface area contributed by atoms with Crippen molar-refractivity contribution in [1.82, 2.24) is 4.90 Å². The van der Waals surface area contributed by atoms with E-state index in [0.717, 1.165) is 57.4 Å². The van der Waals surface area contributed by atoms with E-state index in [9.17, 15) is 14.0 Å². The summed E-state index contributed by atoms with van der Waals surface area (Å²) < 4.78 is 18.5. The van der Waals surface area contributed by atoms with Gasteiger partial charge in [-0.15, -0.1) is 0 Å². The van der Waals surface area contributed by atoms with E-state index in [0.29, 0.717) is 0 Å². The zero-order valence-electron chi connectivity index (χ0n) is 15.3. The summed E-state index contributed by atoms with van der Waals surface area (Å²) in [6, 6.07) is 5.90. The summed E-state index contributed by atoms with van der Waals surface area (Å²) in [5.74, 6) is -1.24. The Morgan fingerprint density at radius 1 is 0.962 bits per heavy atom. The maximum Gasteiger partial charge on any atom is 0.338 e. The molecule has 0 aromatic heterocycles. The van der Waals surface area contributed by atoms with Gasteiger partial charge in [-0.3, -0.25) is 4.79 Å². The average molecular weight is 361 g/mol. The van der Waals surface area contributed by atoms with Crippen LogP contribution in [0.4, 0.5) is 4.39 Å². The molecule has 1 aromatic carbocycles. The van der Waals surface area contributed by atoms with Crippen LogP contribution >= 0.6 is 0 Å². The minimum Gasteiger partial charge on any atom is -0.452 e. The maximum atomic E-state index is 13.3. The fourth-order valence-electron chi connectivity index (χ4n) is 4.32. The smallest absolute Gasteiger partial charge is 0.338 e. The summed E-state index contributed by atoms with van der Waals surface area (Å²) in [7, 11) is 0. The molecule has 5 heteroatoms. The van der Waals surface area contributed by atoms with E-state index >= 15 is 0 Å². The third-order valence-electron chi connectivity index (χ3n) is 5.61. The first kappa shape index (κ1) is 18.9. The van der Waals surface area contributed by atoms with Gasteiger partial charge in [-0.05, 0) is 43.9 Å². The topological polar surface area (TPSA) is 46.6 Å². The van der Waals surface area contributed by atoms with E-state index in [1.165, 1.54) is 31.0 Å². The first-order valence-electron chi connectivity index (χ1n) is 9.89. The van der Waals surface area contributed by atoms with E-state index in [1.807, 2.05) is 4.90 Å². The van der Waals surface area contributed by atoms with Crippen molar-refractivity contribution < 1.29 is 18.7 Å². The second-order valence-corrected chi connectivity index (χ2v) is 7.47. The first-order valence-corrected chi connectivity index (χ1v) is 9.89. The highest BCUT2D eigenvalue weighted by atomic mass is 19.1. The number of hydrogen-bond acceptors (Lipinski definition) is 3. The molecule has 2 fully saturated rings. The van der Waals surface area contributed by atoms with Gasteiger partial charge in [0.05, 0.1) is 5.56 Å². The number of halogens is 1. The van der Waals surface area contributed by atoms with Gasteiger partial charge in [0, 0.05) is 12.1 Å². The minimum absolute atomic E-state index is 0.103. The molecule has 0 radical (unpaired) electrons. The van der Waals surface area contributed by atoms with Gasteiger partial charge in [0.25, 0.3) is 5.91 Å². The molecular weight excluding hydrogens is 333 g/mol. The molecule has 0 atom stereocenters. The van der Waals surface area contributed by atoms with Gasteiger partial charge in [0.15, 0.2) is 6.61 Å². The summed E-state index contributed by atoms with van der Waals surface area (Å²) in [5.41, 5.74) is 0.139. The van der Waals surface area contributed by atoms with E-state index in [4.69, 9.17) is 4.74 Å². The van der Waals surface area contributed by atoms with Crippen LogP contribution in [0.25, 0.3) is 0 Å². The van der Waals surface area contributed by atoms with Gasteiger partial charge < -0.3 is 9.64 Å². The number of amides is 1. The Hall–Kier alpha value is -1.91. The molecule has 0 aliphatic heterocycles. The lowest BCUT2D eigenvalue weighted by Crippen LogP contribution is -2.50. The zero-order chi connectivity index (χ0) is 18.4. The average Bonchev–Trinajstić information content (AvgIpc) is 2.68. The van der Waals surface area contributed by atoms with Gasteiger partial charge in [-0.1, -0.05) is 44.6 Å². The fraction of sp³-hybridized carbons (Fsp3) is 0.619. The number of ether oxygens (including phenoxy) is 1. The minimum atomic E-state index is -0.648. The summed E-state index contributed by atoms with van der Waals surface area (Å²) in [5, 5.41) is 0. The van der Waals surface area contributed by atoms with E-state index < -0.39 is 11.8 Å². The standard InChI is InChI=1S/C21H28FNO3/c22-17-9-7-8-16(14-17)21(25)26-15-20(24)23(18-10-3-1-4-11-18)19-12-5-2-6-13-19/h7-9,14,18-19H,1-6,10-13,15H2. The Balaban J connectivity index is 1.63. The summed E-state index contributed by atoms with van der Waals surface area (Å²) in [6.07, 6.45) is 11.3. The van der Waals surface area contributed by atoms with Crippen molar-refractivity contribution in [3.63, 3.8) is 0 Å². The van der Waals surface area contributed by atoms with Crippen LogP contribution in [0.1, 0.15) is 74.6 Å². The third-order valence-corrected chi connectivity index (χ3v) is 5.61. The molecule has 26 heavy (non-hydrogen) atoms. The van der Waals surface area contributed by atoms with Crippen LogP contribution < -0.4 is 0 Å².